The maximum absolute atomic E-state index is 13.5. The van der Waals surface area contributed by atoms with Crippen molar-refractivity contribution in [1.82, 2.24) is 10.2 Å². The van der Waals surface area contributed by atoms with Gasteiger partial charge in [0.15, 0.2) is 0 Å². The molecule has 0 aliphatic heterocycles. The Labute approximate surface area is 222 Å². The molecule has 0 bridgehead atoms. The third-order valence-electron chi connectivity index (χ3n) is 7.13. The van der Waals surface area contributed by atoms with Crippen molar-refractivity contribution >= 4 is 27.5 Å². The monoisotopic (exact) mass is 527 g/mol. The molecule has 0 saturated heterocycles. The van der Waals surface area contributed by atoms with Crippen molar-refractivity contribution in [2.24, 2.45) is 0 Å². The van der Waals surface area contributed by atoms with Crippen LogP contribution in [-0.4, -0.2) is 50.0 Å². The number of nitrogens with one attached hydrogen (secondary N) is 1. The molecule has 202 valence electrons. The van der Waals surface area contributed by atoms with E-state index >= 15 is 0 Å². The highest BCUT2D eigenvalue weighted by molar-refractivity contribution is 7.92. The molecule has 1 N–H and O–H groups in total. The summed E-state index contributed by atoms with van der Waals surface area (Å²) in [7, 11) is -3.51. The molecule has 0 radical (unpaired) electrons. The number of carbonyl (C=O) groups is 2. The van der Waals surface area contributed by atoms with Gasteiger partial charge in [0.1, 0.15) is 6.04 Å². The second kappa shape index (κ2) is 13.1. The van der Waals surface area contributed by atoms with Crippen LogP contribution in [0.2, 0.25) is 0 Å². The predicted octanol–water partition coefficient (Wildman–Crippen LogP) is 4.72. The van der Waals surface area contributed by atoms with E-state index in [1.54, 1.807) is 17.9 Å². The lowest BCUT2D eigenvalue weighted by atomic mass is 9.95. The molecule has 1 aliphatic rings. The Morgan fingerprint density at radius 2 is 1.65 bits per heavy atom. The Morgan fingerprint density at radius 1 is 1.00 bits per heavy atom. The lowest BCUT2D eigenvalue weighted by Crippen LogP contribution is -2.50. The molecule has 2 amide bonds. The van der Waals surface area contributed by atoms with Gasteiger partial charge in [-0.1, -0.05) is 67.3 Å². The highest BCUT2D eigenvalue weighted by Crippen LogP contribution is 2.23. The van der Waals surface area contributed by atoms with Crippen LogP contribution in [0.4, 0.5) is 5.69 Å². The van der Waals surface area contributed by atoms with Gasteiger partial charge < -0.3 is 10.2 Å². The summed E-state index contributed by atoms with van der Waals surface area (Å²) in [5, 5.41) is 3.15. The van der Waals surface area contributed by atoms with Crippen LogP contribution in [0.15, 0.2) is 48.5 Å². The second-order valence-electron chi connectivity index (χ2n) is 10.3. The standard InChI is InChI=1S/C29H41N3O4S/c1-22-16-18-25(19-17-22)21-31(24(3)29(34)30-26-12-6-5-7-13-26)28(33)15-10-20-32(37(4,35)36)27-14-9-8-11-23(27)2/h8-9,11,14,16-19,24,26H,5-7,10,12-13,15,20-21H2,1-4H3,(H,30,34)/t24-/m0/s1. The molecule has 37 heavy (non-hydrogen) atoms. The number of rotatable bonds is 11. The Kier molecular flexibility index (Phi) is 10.1. The number of anilines is 1. The molecule has 0 heterocycles. The zero-order valence-electron chi connectivity index (χ0n) is 22.6. The topological polar surface area (TPSA) is 86.8 Å². The van der Waals surface area contributed by atoms with Crippen LogP contribution < -0.4 is 9.62 Å². The maximum Gasteiger partial charge on any atom is 0.242 e. The van der Waals surface area contributed by atoms with E-state index in [2.05, 4.69) is 5.32 Å². The highest BCUT2D eigenvalue weighted by Gasteiger charge is 2.28. The van der Waals surface area contributed by atoms with Crippen LogP contribution in [0.1, 0.15) is 68.6 Å². The van der Waals surface area contributed by atoms with Gasteiger partial charge in [-0.3, -0.25) is 13.9 Å². The Morgan fingerprint density at radius 3 is 2.27 bits per heavy atom. The highest BCUT2D eigenvalue weighted by atomic mass is 32.2. The third kappa shape index (κ3) is 8.32. The Balaban J connectivity index is 1.71. The molecule has 8 heteroatoms. The van der Waals surface area contributed by atoms with Gasteiger partial charge >= 0.3 is 0 Å². The van der Waals surface area contributed by atoms with Crippen molar-refractivity contribution in [1.29, 1.82) is 0 Å². The number of para-hydroxylation sites is 1. The molecule has 1 atom stereocenters. The SMILES string of the molecule is Cc1ccc(CN(C(=O)CCCN(c2ccccc2C)S(C)(=O)=O)[C@@H](C)C(=O)NC2CCCCC2)cc1. The maximum atomic E-state index is 13.5. The van der Waals surface area contributed by atoms with Crippen LogP contribution in [0.3, 0.4) is 0 Å². The van der Waals surface area contributed by atoms with Gasteiger partial charge in [-0.2, -0.15) is 0 Å². The molecule has 2 aromatic carbocycles. The number of carbonyl (C=O) groups excluding carboxylic acids is 2. The van der Waals surface area contributed by atoms with Gasteiger partial charge in [-0.15, -0.1) is 0 Å². The lowest BCUT2D eigenvalue weighted by Gasteiger charge is -2.31. The number of nitrogens with zero attached hydrogens (tertiary/aromatic N) is 2. The van der Waals surface area contributed by atoms with Gasteiger partial charge in [-0.05, 0) is 57.2 Å². The van der Waals surface area contributed by atoms with E-state index < -0.39 is 16.1 Å². The molecular weight excluding hydrogens is 486 g/mol. The van der Waals surface area contributed by atoms with Gasteiger partial charge in [0.05, 0.1) is 11.9 Å². The molecule has 1 fully saturated rings. The van der Waals surface area contributed by atoms with E-state index in [0.717, 1.165) is 42.4 Å². The van der Waals surface area contributed by atoms with Crippen LogP contribution in [0, 0.1) is 13.8 Å². The van der Waals surface area contributed by atoms with Gasteiger partial charge in [-0.25, -0.2) is 8.42 Å². The molecule has 3 rings (SSSR count). The smallest absolute Gasteiger partial charge is 0.242 e. The van der Waals surface area contributed by atoms with Crippen molar-refractivity contribution in [3.8, 4) is 0 Å². The quantitative estimate of drug-likeness (QED) is 0.458. The number of hydrogen-bond acceptors (Lipinski definition) is 4. The van der Waals surface area contributed by atoms with E-state index in [1.165, 1.54) is 17.0 Å². The molecule has 2 aromatic rings. The average molecular weight is 528 g/mol. The van der Waals surface area contributed by atoms with Crippen LogP contribution >= 0.6 is 0 Å². The van der Waals surface area contributed by atoms with E-state index in [9.17, 15) is 18.0 Å². The minimum absolute atomic E-state index is 0.134. The summed E-state index contributed by atoms with van der Waals surface area (Å²) in [6.07, 6.45) is 7.06. The van der Waals surface area contributed by atoms with Crippen LogP contribution in [0.25, 0.3) is 0 Å². The van der Waals surface area contributed by atoms with E-state index in [4.69, 9.17) is 0 Å². The largest absolute Gasteiger partial charge is 0.352 e. The molecule has 1 saturated carbocycles. The second-order valence-corrected chi connectivity index (χ2v) is 12.2. The van der Waals surface area contributed by atoms with Crippen molar-refractivity contribution in [3.63, 3.8) is 0 Å². The fraction of sp³-hybridized carbons (Fsp3) is 0.517. The average Bonchev–Trinajstić information content (AvgIpc) is 2.86. The summed E-state index contributed by atoms with van der Waals surface area (Å²) >= 11 is 0. The van der Waals surface area contributed by atoms with Crippen molar-refractivity contribution < 1.29 is 18.0 Å². The molecular formula is C29H41N3O4S. The summed E-state index contributed by atoms with van der Waals surface area (Å²) < 4.78 is 26.4. The predicted molar refractivity (Wildman–Crippen MR) is 149 cm³/mol. The summed E-state index contributed by atoms with van der Waals surface area (Å²) in [6.45, 7) is 6.17. The summed E-state index contributed by atoms with van der Waals surface area (Å²) in [4.78, 5) is 28.2. The van der Waals surface area contributed by atoms with Crippen LogP contribution in [-0.2, 0) is 26.2 Å². The number of amides is 2. The van der Waals surface area contributed by atoms with Crippen LogP contribution in [0.5, 0.6) is 0 Å². The zero-order chi connectivity index (χ0) is 27.0. The normalized spacial score (nSPS) is 15.1. The summed E-state index contributed by atoms with van der Waals surface area (Å²) in [6, 6.07) is 14.8. The van der Waals surface area contributed by atoms with Gasteiger partial charge in [0, 0.05) is 25.6 Å². The van der Waals surface area contributed by atoms with Crippen molar-refractivity contribution in [3.05, 3.63) is 65.2 Å². The first-order valence-electron chi connectivity index (χ1n) is 13.2. The fourth-order valence-electron chi connectivity index (χ4n) is 4.87. The first-order chi connectivity index (χ1) is 17.6. The zero-order valence-corrected chi connectivity index (χ0v) is 23.4. The van der Waals surface area contributed by atoms with Crippen molar-refractivity contribution in [2.75, 3.05) is 17.1 Å². The van der Waals surface area contributed by atoms with E-state index in [-0.39, 0.29) is 30.8 Å². The molecule has 0 aromatic heterocycles. The number of aryl methyl sites for hydroxylation is 2. The summed E-state index contributed by atoms with van der Waals surface area (Å²) in [5.74, 6) is -0.296. The van der Waals surface area contributed by atoms with E-state index in [0.29, 0.717) is 18.7 Å². The lowest BCUT2D eigenvalue weighted by molar-refractivity contribution is -0.141. The number of hydrogen-bond donors (Lipinski definition) is 1. The minimum Gasteiger partial charge on any atom is -0.352 e. The first-order valence-corrected chi connectivity index (χ1v) is 15.1. The van der Waals surface area contributed by atoms with Crippen molar-refractivity contribution in [2.45, 2.75) is 84.3 Å². The third-order valence-corrected chi connectivity index (χ3v) is 8.31. The molecule has 0 spiro atoms. The molecule has 0 unspecified atom stereocenters. The molecule has 1 aliphatic carbocycles. The fourth-order valence-corrected chi connectivity index (χ4v) is 5.89. The van der Waals surface area contributed by atoms with Gasteiger partial charge in [0.2, 0.25) is 21.8 Å². The summed E-state index contributed by atoms with van der Waals surface area (Å²) in [5.41, 5.74) is 3.55. The van der Waals surface area contributed by atoms with E-state index in [1.807, 2.05) is 56.3 Å². The number of benzene rings is 2. The molecule has 7 nitrogen and oxygen atoms in total. The van der Waals surface area contributed by atoms with Gasteiger partial charge in [0.25, 0.3) is 0 Å². The first kappa shape index (κ1) is 28.7. The Bertz CT molecular complexity index is 1160. The number of sulfonamides is 1. The minimum atomic E-state index is -3.51. The Hall–Kier alpha value is -2.87.